The Hall–Kier alpha value is -1.72. The Kier molecular flexibility index (Phi) is 2.88. The molecule has 0 fully saturated rings. The molecule has 0 amide bonds. The van der Waals surface area contributed by atoms with Crippen molar-refractivity contribution in [3.63, 3.8) is 0 Å². The Bertz CT molecular complexity index is 761. The summed E-state index contributed by atoms with van der Waals surface area (Å²) < 4.78 is 14.8. The van der Waals surface area contributed by atoms with Crippen LogP contribution in [0.25, 0.3) is 17.2 Å². The van der Waals surface area contributed by atoms with Crippen LogP contribution in [0.15, 0.2) is 24.5 Å². The summed E-state index contributed by atoms with van der Waals surface area (Å²) in [6.45, 7) is 1.72. The molecule has 0 radical (unpaired) electrons. The average Bonchev–Trinajstić information content (AvgIpc) is 2.78. The van der Waals surface area contributed by atoms with E-state index < -0.39 is 0 Å². The number of hydrogen-bond acceptors (Lipinski definition) is 3. The van der Waals surface area contributed by atoms with E-state index in [0.29, 0.717) is 22.7 Å². The lowest BCUT2D eigenvalue weighted by Gasteiger charge is -2.04. The molecule has 0 saturated heterocycles. The van der Waals surface area contributed by atoms with E-state index in [1.54, 1.807) is 23.6 Å². The van der Waals surface area contributed by atoms with Crippen LogP contribution in [0.5, 0.6) is 0 Å². The van der Waals surface area contributed by atoms with E-state index in [4.69, 9.17) is 23.2 Å². The monoisotopic (exact) mass is 296 g/mol. The third-order valence-electron chi connectivity index (χ3n) is 2.73. The Morgan fingerprint density at radius 1 is 1.16 bits per heavy atom. The molecular weight excluding hydrogens is 290 g/mol. The van der Waals surface area contributed by atoms with Crippen LogP contribution in [0, 0.1) is 12.7 Å². The summed E-state index contributed by atoms with van der Waals surface area (Å²) >= 11 is 12.0. The second-order valence-electron chi connectivity index (χ2n) is 3.97. The molecule has 0 spiro atoms. The van der Waals surface area contributed by atoms with Crippen LogP contribution in [0.1, 0.15) is 5.56 Å². The molecule has 0 aliphatic heterocycles. The molecule has 0 saturated carbocycles. The highest BCUT2D eigenvalue weighted by Crippen LogP contribution is 2.25. The number of aromatic nitrogens is 4. The van der Waals surface area contributed by atoms with E-state index in [-0.39, 0.29) is 16.1 Å². The van der Waals surface area contributed by atoms with Gasteiger partial charge in [-0.15, -0.1) is 0 Å². The summed E-state index contributed by atoms with van der Waals surface area (Å²) in [5.74, 6) is -0.0743. The molecule has 3 heterocycles. The Labute approximate surface area is 117 Å². The van der Waals surface area contributed by atoms with E-state index >= 15 is 0 Å². The van der Waals surface area contributed by atoms with Crippen molar-refractivity contribution >= 4 is 28.8 Å². The Morgan fingerprint density at radius 3 is 2.53 bits per heavy atom. The van der Waals surface area contributed by atoms with Gasteiger partial charge in [-0.2, -0.15) is 0 Å². The van der Waals surface area contributed by atoms with Gasteiger partial charge in [-0.1, -0.05) is 23.2 Å². The van der Waals surface area contributed by atoms with Crippen LogP contribution >= 0.6 is 23.2 Å². The number of fused-ring (bicyclic) bond motifs is 1. The van der Waals surface area contributed by atoms with Crippen molar-refractivity contribution in [2.24, 2.45) is 0 Å². The molecule has 0 bridgehead atoms. The van der Waals surface area contributed by atoms with E-state index in [1.165, 1.54) is 12.3 Å². The second-order valence-corrected chi connectivity index (χ2v) is 4.69. The van der Waals surface area contributed by atoms with E-state index in [9.17, 15) is 4.39 Å². The zero-order chi connectivity index (χ0) is 13.6. The molecule has 7 heteroatoms. The number of imidazole rings is 1. The lowest BCUT2D eigenvalue weighted by atomic mass is 10.3. The topological polar surface area (TPSA) is 43.1 Å². The maximum atomic E-state index is 13.3. The number of rotatable bonds is 1. The first-order chi connectivity index (χ1) is 9.06. The minimum atomic E-state index is -0.379. The van der Waals surface area contributed by atoms with Crippen LogP contribution in [-0.2, 0) is 0 Å². The van der Waals surface area contributed by atoms with Crippen molar-refractivity contribution in [3.8, 4) is 11.5 Å². The SMILES string of the molecule is Cc1c(Cl)nc(-c2cnc3ccc(F)cn23)nc1Cl. The number of halogens is 3. The van der Waals surface area contributed by atoms with E-state index in [2.05, 4.69) is 15.0 Å². The zero-order valence-corrected chi connectivity index (χ0v) is 11.2. The van der Waals surface area contributed by atoms with Crippen LogP contribution < -0.4 is 0 Å². The van der Waals surface area contributed by atoms with Gasteiger partial charge in [-0.05, 0) is 19.1 Å². The minimum Gasteiger partial charge on any atom is -0.294 e. The van der Waals surface area contributed by atoms with E-state index in [1.807, 2.05) is 0 Å². The highest BCUT2D eigenvalue weighted by atomic mass is 35.5. The molecule has 96 valence electrons. The lowest BCUT2D eigenvalue weighted by molar-refractivity contribution is 0.619. The Morgan fingerprint density at radius 2 is 1.84 bits per heavy atom. The van der Waals surface area contributed by atoms with Crippen LogP contribution in [0.2, 0.25) is 10.3 Å². The highest BCUT2D eigenvalue weighted by Gasteiger charge is 2.13. The van der Waals surface area contributed by atoms with E-state index in [0.717, 1.165) is 0 Å². The standard InChI is InChI=1S/C12H7Cl2FN4/c1-6-10(13)17-12(18-11(6)14)8-4-16-9-3-2-7(15)5-19(8)9/h2-5H,1H3. The van der Waals surface area contributed by atoms with Crippen molar-refractivity contribution in [1.29, 1.82) is 0 Å². The number of hydrogen-bond donors (Lipinski definition) is 0. The van der Waals surface area contributed by atoms with Gasteiger partial charge in [0, 0.05) is 11.8 Å². The largest absolute Gasteiger partial charge is 0.294 e. The fraction of sp³-hybridized carbons (Fsp3) is 0.0833. The zero-order valence-electron chi connectivity index (χ0n) is 9.73. The van der Waals surface area contributed by atoms with Gasteiger partial charge in [0.25, 0.3) is 0 Å². The minimum absolute atomic E-state index is 0.265. The first-order valence-corrected chi connectivity index (χ1v) is 6.14. The van der Waals surface area contributed by atoms with Gasteiger partial charge in [0.1, 0.15) is 27.5 Å². The average molecular weight is 297 g/mol. The van der Waals surface area contributed by atoms with Gasteiger partial charge >= 0.3 is 0 Å². The van der Waals surface area contributed by atoms with Gasteiger partial charge in [-0.25, -0.2) is 19.3 Å². The molecule has 0 aromatic carbocycles. The molecule has 0 aliphatic rings. The predicted octanol–water partition coefficient (Wildman–Crippen LogP) is 3.55. The molecular formula is C12H7Cl2FN4. The number of nitrogens with zero attached hydrogens (tertiary/aromatic N) is 4. The maximum Gasteiger partial charge on any atom is 0.181 e. The summed E-state index contributed by atoms with van der Waals surface area (Å²) in [6.07, 6.45) is 2.86. The quantitative estimate of drug-likeness (QED) is 0.645. The van der Waals surface area contributed by atoms with Crippen LogP contribution in [0.4, 0.5) is 4.39 Å². The number of pyridine rings is 1. The van der Waals surface area contributed by atoms with Gasteiger partial charge < -0.3 is 0 Å². The second kappa shape index (κ2) is 4.43. The molecule has 0 atom stereocenters. The van der Waals surface area contributed by atoms with Gasteiger partial charge in [0.2, 0.25) is 0 Å². The molecule has 3 rings (SSSR count). The maximum absolute atomic E-state index is 13.3. The smallest absolute Gasteiger partial charge is 0.181 e. The van der Waals surface area contributed by atoms with Gasteiger partial charge in [0.05, 0.1) is 6.20 Å². The molecule has 4 nitrogen and oxygen atoms in total. The summed E-state index contributed by atoms with van der Waals surface area (Å²) in [6, 6.07) is 2.90. The highest BCUT2D eigenvalue weighted by molar-refractivity contribution is 6.34. The molecule has 3 aromatic rings. The Balaban J connectivity index is 2.27. The summed E-state index contributed by atoms with van der Waals surface area (Å²) in [5, 5.41) is 0.530. The molecule has 0 unspecified atom stereocenters. The van der Waals surface area contributed by atoms with Crippen molar-refractivity contribution in [2.45, 2.75) is 6.92 Å². The summed E-state index contributed by atoms with van der Waals surface area (Å²) in [4.78, 5) is 12.4. The van der Waals surface area contributed by atoms with Crippen molar-refractivity contribution in [2.75, 3.05) is 0 Å². The lowest BCUT2D eigenvalue weighted by Crippen LogP contribution is -1.97. The summed E-state index contributed by atoms with van der Waals surface area (Å²) in [7, 11) is 0. The molecule has 0 aliphatic carbocycles. The normalized spacial score (nSPS) is 11.2. The summed E-state index contributed by atoms with van der Waals surface area (Å²) in [5.41, 5.74) is 1.72. The third kappa shape index (κ3) is 2.05. The fourth-order valence-corrected chi connectivity index (χ4v) is 2.09. The van der Waals surface area contributed by atoms with Gasteiger partial charge in [0.15, 0.2) is 5.82 Å². The molecule has 19 heavy (non-hydrogen) atoms. The first-order valence-electron chi connectivity index (χ1n) is 5.39. The van der Waals surface area contributed by atoms with Crippen molar-refractivity contribution in [3.05, 3.63) is 46.2 Å². The van der Waals surface area contributed by atoms with Crippen LogP contribution in [-0.4, -0.2) is 19.4 Å². The molecule has 3 aromatic heterocycles. The van der Waals surface area contributed by atoms with Crippen LogP contribution in [0.3, 0.4) is 0 Å². The predicted molar refractivity (Wildman–Crippen MR) is 70.9 cm³/mol. The molecule has 0 N–H and O–H groups in total. The first kappa shape index (κ1) is 12.3. The van der Waals surface area contributed by atoms with Gasteiger partial charge in [-0.3, -0.25) is 4.40 Å². The fourth-order valence-electron chi connectivity index (χ4n) is 1.70. The van der Waals surface area contributed by atoms with Crippen molar-refractivity contribution in [1.82, 2.24) is 19.4 Å². The van der Waals surface area contributed by atoms with Crippen molar-refractivity contribution < 1.29 is 4.39 Å². The third-order valence-corrected chi connectivity index (χ3v) is 3.46.